The van der Waals surface area contributed by atoms with E-state index in [1.807, 2.05) is 67.8 Å². The normalized spacial score (nSPS) is 17.7. The molecule has 1 unspecified atom stereocenters. The van der Waals surface area contributed by atoms with Crippen molar-refractivity contribution in [3.8, 4) is 11.5 Å². The summed E-state index contributed by atoms with van der Waals surface area (Å²) in [5, 5.41) is 12.9. The van der Waals surface area contributed by atoms with Gasteiger partial charge >= 0.3 is 0 Å². The molecule has 2 radical (unpaired) electrons. The molecule has 0 spiro atoms. The average molecular weight is 589 g/mol. The first-order valence-corrected chi connectivity index (χ1v) is 15.4. The molecule has 9 heteroatoms. The number of unbranched alkanes of at least 4 members (excludes halogenated alkanes) is 2. The molecule has 0 aliphatic carbocycles. The molecule has 42 heavy (non-hydrogen) atoms. The Balaban J connectivity index is 1.15. The number of aromatic nitrogens is 1. The van der Waals surface area contributed by atoms with Crippen molar-refractivity contribution >= 4 is 17.5 Å². The predicted octanol–water partition coefficient (Wildman–Crippen LogP) is 5.62. The van der Waals surface area contributed by atoms with Gasteiger partial charge in [-0.05, 0) is 86.8 Å². The van der Waals surface area contributed by atoms with Crippen molar-refractivity contribution < 1.29 is 19.4 Å². The zero-order valence-electron chi connectivity index (χ0n) is 24.2. The summed E-state index contributed by atoms with van der Waals surface area (Å²) in [6, 6.07) is 19.5. The highest BCUT2D eigenvalue weighted by atomic mass is 32.2. The van der Waals surface area contributed by atoms with E-state index in [4.69, 9.17) is 21.1 Å². The first-order valence-electron chi connectivity index (χ1n) is 14.6. The number of hydrogen-bond acceptors (Lipinski definition) is 9. The lowest BCUT2D eigenvalue weighted by Crippen LogP contribution is -2.38. The second kappa shape index (κ2) is 15.4. The van der Waals surface area contributed by atoms with Gasteiger partial charge in [0, 0.05) is 49.0 Å². The van der Waals surface area contributed by atoms with E-state index in [2.05, 4.69) is 20.9 Å². The molecular formula is C33H40N4O4S. The summed E-state index contributed by atoms with van der Waals surface area (Å²) < 4.78 is 17.3. The fraction of sp³-hybridized carbons (Fsp3) is 0.394. The van der Waals surface area contributed by atoms with Crippen LogP contribution in [0.3, 0.4) is 0 Å². The molecule has 3 heterocycles. The van der Waals surface area contributed by atoms with Gasteiger partial charge in [0.25, 0.3) is 0 Å². The van der Waals surface area contributed by atoms with Gasteiger partial charge in [-0.25, -0.2) is 5.06 Å². The van der Waals surface area contributed by atoms with E-state index >= 15 is 0 Å². The third kappa shape index (κ3) is 8.49. The van der Waals surface area contributed by atoms with Crippen LogP contribution in [0.5, 0.6) is 11.5 Å². The minimum Gasteiger partial charge on any atom is -0.494 e. The number of thioether (sulfide) groups is 1. The van der Waals surface area contributed by atoms with Crippen LogP contribution in [-0.4, -0.2) is 83.7 Å². The fourth-order valence-electron chi connectivity index (χ4n) is 5.01. The zero-order chi connectivity index (χ0) is 29.1. The van der Waals surface area contributed by atoms with Gasteiger partial charge in [-0.15, -0.1) is 0 Å². The van der Waals surface area contributed by atoms with E-state index in [0.29, 0.717) is 19.8 Å². The Morgan fingerprint density at radius 3 is 2.29 bits per heavy atom. The van der Waals surface area contributed by atoms with Crippen LogP contribution < -0.4 is 9.47 Å². The molecule has 1 atom stereocenters. The summed E-state index contributed by atoms with van der Waals surface area (Å²) in [4.78, 5) is 9.93. The Bertz CT molecular complexity index is 1270. The Hall–Kier alpha value is -3.08. The number of rotatable bonds is 14. The fourth-order valence-corrected chi connectivity index (χ4v) is 6.30. The third-order valence-corrected chi connectivity index (χ3v) is 8.66. The van der Waals surface area contributed by atoms with Gasteiger partial charge in [0.05, 0.1) is 32.1 Å². The zero-order valence-corrected chi connectivity index (χ0v) is 25.0. The monoisotopic (exact) mass is 588 g/mol. The number of nitrogens with zero attached hydrogens (tertiary/aromatic N) is 4. The van der Waals surface area contributed by atoms with Crippen molar-refractivity contribution in [1.82, 2.24) is 19.8 Å². The Kier molecular flexibility index (Phi) is 11.1. The SMILES string of the molecule is [CH]c1ccc(OCCCCCOc2ccc(C3=C(CN4CCOCC4)SC(N(C)Cc4cccnc4)N3O)cc2)cc1. The second-order valence-electron chi connectivity index (χ2n) is 10.6. The number of ether oxygens (including phenoxy) is 3. The molecule has 2 aromatic carbocycles. The van der Waals surface area contributed by atoms with E-state index in [-0.39, 0.29) is 5.50 Å². The summed E-state index contributed by atoms with van der Waals surface area (Å²) >= 11 is 1.70. The van der Waals surface area contributed by atoms with Crippen LogP contribution in [0, 0.1) is 6.92 Å². The predicted molar refractivity (Wildman–Crippen MR) is 166 cm³/mol. The Labute approximate surface area is 253 Å². The van der Waals surface area contributed by atoms with Gasteiger partial charge in [0.2, 0.25) is 0 Å². The molecule has 1 saturated heterocycles. The van der Waals surface area contributed by atoms with Gasteiger partial charge in [0.1, 0.15) is 11.5 Å². The van der Waals surface area contributed by atoms with Crippen molar-refractivity contribution in [2.45, 2.75) is 31.3 Å². The van der Waals surface area contributed by atoms with Crippen LogP contribution in [0.15, 0.2) is 78.0 Å². The third-order valence-electron chi connectivity index (χ3n) is 7.29. The van der Waals surface area contributed by atoms with Crippen molar-refractivity contribution in [3.63, 3.8) is 0 Å². The van der Waals surface area contributed by atoms with E-state index in [1.165, 1.54) is 5.06 Å². The largest absolute Gasteiger partial charge is 0.494 e. The quantitative estimate of drug-likeness (QED) is 0.242. The molecule has 5 rings (SSSR count). The van der Waals surface area contributed by atoms with Crippen molar-refractivity contribution in [3.05, 3.63) is 102 Å². The topological polar surface area (TPSA) is 70.5 Å². The highest BCUT2D eigenvalue weighted by Crippen LogP contribution is 2.43. The molecule has 222 valence electrons. The minimum atomic E-state index is -0.240. The number of pyridine rings is 1. The molecule has 1 aromatic heterocycles. The standard InChI is InChI=1S/C33H40N4O4S/c1-26-8-12-29(13-9-26)40-19-4-3-5-20-41-30-14-10-28(11-15-30)32-31(25-36-17-21-39-22-18-36)42-33(37(32)38)35(2)24-27-7-6-16-34-23-27/h1,6-16,23,33,38H,3-5,17-22,24-25H2,2H3. The molecule has 8 nitrogen and oxygen atoms in total. The first-order chi connectivity index (χ1) is 20.6. The van der Waals surface area contributed by atoms with Gasteiger partial charge in [-0.1, -0.05) is 30.0 Å². The van der Waals surface area contributed by atoms with Crippen LogP contribution in [0.25, 0.3) is 5.70 Å². The number of morpholine rings is 1. The van der Waals surface area contributed by atoms with E-state index in [0.717, 1.165) is 90.9 Å². The van der Waals surface area contributed by atoms with Gasteiger partial charge in [-0.2, -0.15) is 0 Å². The molecule has 0 bridgehead atoms. The lowest BCUT2D eigenvalue weighted by Gasteiger charge is -2.30. The lowest BCUT2D eigenvalue weighted by atomic mass is 10.1. The maximum atomic E-state index is 11.5. The molecule has 2 aliphatic heterocycles. The lowest BCUT2D eigenvalue weighted by molar-refractivity contribution is -0.0777. The van der Waals surface area contributed by atoms with Crippen LogP contribution in [0.1, 0.15) is 36.0 Å². The number of benzene rings is 2. The van der Waals surface area contributed by atoms with E-state index < -0.39 is 0 Å². The van der Waals surface area contributed by atoms with Gasteiger partial charge in [-0.3, -0.25) is 20.0 Å². The molecule has 0 saturated carbocycles. The summed E-state index contributed by atoms with van der Waals surface area (Å²) in [5.74, 6) is 1.67. The smallest absolute Gasteiger partial charge is 0.159 e. The van der Waals surface area contributed by atoms with Crippen LogP contribution >= 0.6 is 11.8 Å². The highest BCUT2D eigenvalue weighted by molar-refractivity contribution is 8.04. The van der Waals surface area contributed by atoms with Crippen LogP contribution in [0.2, 0.25) is 0 Å². The highest BCUT2D eigenvalue weighted by Gasteiger charge is 2.36. The molecule has 1 N–H and O–H groups in total. The van der Waals surface area contributed by atoms with E-state index in [9.17, 15) is 5.21 Å². The van der Waals surface area contributed by atoms with Crippen molar-refractivity contribution in [2.24, 2.45) is 0 Å². The van der Waals surface area contributed by atoms with Crippen molar-refractivity contribution in [2.75, 3.05) is 53.1 Å². The summed E-state index contributed by atoms with van der Waals surface area (Å²) in [6.45, 7) is 11.7. The van der Waals surface area contributed by atoms with Gasteiger partial charge in [0.15, 0.2) is 5.50 Å². The Morgan fingerprint density at radius 2 is 1.64 bits per heavy atom. The first kappa shape index (κ1) is 30.4. The molecule has 0 amide bonds. The minimum absolute atomic E-state index is 0.240. The van der Waals surface area contributed by atoms with Crippen LogP contribution in [-0.2, 0) is 11.3 Å². The maximum absolute atomic E-state index is 11.5. The summed E-state index contributed by atoms with van der Waals surface area (Å²) in [6.07, 6.45) is 6.59. The summed E-state index contributed by atoms with van der Waals surface area (Å²) in [7, 11) is 2.03. The molecular weight excluding hydrogens is 548 g/mol. The van der Waals surface area contributed by atoms with Crippen molar-refractivity contribution in [1.29, 1.82) is 0 Å². The second-order valence-corrected chi connectivity index (χ2v) is 11.7. The summed E-state index contributed by atoms with van der Waals surface area (Å²) in [5.41, 5.74) is 3.42. The van der Waals surface area contributed by atoms with E-state index in [1.54, 1.807) is 18.0 Å². The Morgan fingerprint density at radius 1 is 0.976 bits per heavy atom. The number of hydroxylamine groups is 2. The number of hydrogen-bond donors (Lipinski definition) is 1. The molecule has 2 aliphatic rings. The van der Waals surface area contributed by atoms with Gasteiger partial charge < -0.3 is 14.2 Å². The van der Waals surface area contributed by atoms with Crippen LogP contribution in [0.4, 0.5) is 0 Å². The molecule has 1 fully saturated rings. The average Bonchev–Trinajstić information content (AvgIpc) is 3.34. The maximum Gasteiger partial charge on any atom is 0.159 e. The molecule has 3 aromatic rings.